The monoisotopic (exact) mass is 298 g/mol. The summed E-state index contributed by atoms with van der Waals surface area (Å²) in [6.07, 6.45) is 3.40. The van der Waals surface area contributed by atoms with Crippen LogP contribution in [0.1, 0.15) is 24.8 Å². The molecule has 1 aliphatic heterocycles. The van der Waals surface area contributed by atoms with E-state index >= 15 is 0 Å². The highest BCUT2D eigenvalue weighted by Crippen LogP contribution is 2.42. The van der Waals surface area contributed by atoms with E-state index in [2.05, 4.69) is 15.9 Å². The van der Waals surface area contributed by atoms with Gasteiger partial charge in [0.2, 0.25) is 0 Å². The normalized spacial score (nSPS) is 20.8. The zero-order chi connectivity index (χ0) is 11.9. The molecule has 3 rings (SSSR count). The Morgan fingerprint density at radius 1 is 1.24 bits per heavy atom. The fourth-order valence-electron chi connectivity index (χ4n) is 2.09. The number of ether oxygens (including phenoxy) is 2. The van der Waals surface area contributed by atoms with Crippen molar-refractivity contribution in [1.29, 1.82) is 0 Å². The van der Waals surface area contributed by atoms with Crippen LogP contribution in [0, 0.1) is 0 Å². The van der Waals surface area contributed by atoms with E-state index in [1.807, 2.05) is 12.1 Å². The maximum absolute atomic E-state index is 9.95. The summed E-state index contributed by atoms with van der Waals surface area (Å²) in [6, 6.07) is 4.01. The average molecular weight is 299 g/mol. The Morgan fingerprint density at radius 3 is 2.76 bits per heavy atom. The molecule has 1 fully saturated rings. The minimum absolute atomic E-state index is 0.473. The number of aliphatic hydroxyl groups is 1. The van der Waals surface area contributed by atoms with E-state index in [0.717, 1.165) is 40.8 Å². The molecular weight excluding hydrogens is 284 g/mol. The van der Waals surface area contributed by atoms with Gasteiger partial charge in [0.05, 0.1) is 23.3 Å². The summed E-state index contributed by atoms with van der Waals surface area (Å²) in [5.41, 5.74) is 0.625. The van der Waals surface area contributed by atoms with Crippen LogP contribution in [0.2, 0.25) is 0 Å². The summed E-state index contributed by atoms with van der Waals surface area (Å²) < 4.78 is 12.2. The van der Waals surface area contributed by atoms with Crippen LogP contribution in [-0.2, 0) is 6.42 Å². The molecule has 2 aliphatic rings. The van der Waals surface area contributed by atoms with Crippen molar-refractivity contribution in [1.82, 2.24) is 0 Å². The smallest absolute Gasteiger partial charge is 0.175 e. The summed E-state index contributed by atoms with van der Waals surface area (Å²) in [5, 5.41) is 9.95. The molecule has 92 valence electrons. The zero-order valence-corrected chi connectivity index (χ0v) is 11.1. The van der Waals surface area contributed by atoms with Crippen molar-refractivity contribution in [3.8, 4) is 11.5 Å². The fourth-order valence-corrected chi connectivity index (χ4v) is 2.69. The molecular formula is C13H15BrO3. The van der Waals surface area contributed by atoms with E-state index in [0.29, 0.717) is 19.6 Å². The van der Waals surface area contributed by atoms with Gasteiger partial charge in [-0.25, -0.2) is 0 Å². The lowest BCUT2D eigenvalue weighted by molar-refractivity contribution is 0.151. The summed E-state index contributed by atoms with van der Waals surface area (Å²) >= 11 is 3.51. The van der Waals surface area contributed by atoms with Gasteiger partial charge in [-0.05, 0) is 46.5 Å². The Labute approximate surface area is 109 Å². The first-order valence-electron chi connectivity index (χ1n) is 5.97. The van der Waals surface area contributed by atoms with Gasteiger partial charge in [0.15, 0.2) is 11.5 Å². The van der Waals surface area contributed by atoms with E-state index < -0.39 is 5.60 Å². The van der Waals surface area contributed by atoms with Crippen LogP contribution < -0.4 is 9.47 Å². The van der Waals surface area contributed by atoms with Gasteiger partial charge >= 0.3 is 0 Å². The Bertz CT molecular complexity index is 441. The summed E-state index contributed by atoms with van der Waals surface area (Å²) in [6.45, 7) is 1.38. The van der Waals surface area contributed by atoms with Crippen molar-refractivity contribution in [2.75, 3.05) is 13.2 Å². The van der Waals surface area contributed by atoms with E-state index in [9.17, 15) is 5.11 Å². The van der Waals surface area contributed by atoms with Gasteiger partial charge in [-0.15, -0.1) is 0 Å². The van der Waals surface area contributed by atoms with Crippen molar-refractivity contribution in [2.24, 2.45) is 0 Å². The number of rotatable bonds is 2. The van der Waals surface area contributed by atoms with Crippen LogP contribution in [0.15, 0.2) is 16.6 Å². The molecule has 0 radical (unpaired) electrons. The number of hydrogen-bond acceptors (Lipinski definition) is 3. The minimum Gasteiger partial charge on any atom is -0.490 e. The van der Waals surface area contributed by atoms with E-state index in [-0.39, 0.29) is 0 Å². The van der Waals surface area contributed by atoms with Gasteiger partial charge in [0, 0.05) is 12.8 Å². The lowest BCUT2D eigenvalue weighted by Gasteiger charge is -2.13. The Morgan fingerprint density at radius 2 is 2.00 bits per heavy atom. The zero-order valence-electron chi connectivity index (χ0n) is 9.54. The second-order valence-electron chi connectivity index (χ2n) is 4.86. The van der Waals surface area contributed by atoms with Crippen molar-refractivity contribution in [3.05, 3.63) is 22.2 Å². The van der Waals surface area contributed by atoms with Crippen LogP contribution in [0.4, 0.5) is 0 Å². The molecule has 1 aromatic carbocycles. The standard InChI is InChI=1S/C13H15BrO3/c14-10-6-9(8-13(15)2-3-13)7-11-12(10)17-5-1-4-16-11/h6-7,15H,1-5,8H2. The molecule has 0 saturated heterocycles. The second kappa shape index (κ2) is 4.18. The molecule has 0 bridgehead atoms. The Balaban J connectivity index is 1.91. The molecule has 0 atom stereocenters. The lowest BCUT2D eigenvalue weighted by atomic mass is 10.1. The number of halogens is 1. The third-order valence-electron chi connectivity index (χ3n) is 3.22. The molecule has 4 heteroatoms. The highest BCUT2D eigenvalue weighted by atomic mass is 79.9. The quantitative estimate of drug-likeness (QED) is 0.912. The Kier molecular flexibility index (Phi) is 2.79. The molecule has 1 aromatic rings. The van der Waals surface area contributed by atoms with Crippen LogP contribution in [0.25, 0.3) is 0 Å². The van der Waals surface area contributed by atoms with Crippen molar-refractivity contribution in [2.45, 2.75) is 31.3 Å². The first-order valence-corrected chi connectivity index (χ1v) is 6.76. The maximum Gasteiger partial charge on any atom is 0.175 e. The van der Waals surface area contributed by atoms with Gasteiger partial charge in [-0.1, -0.05) is 0 Å². The van der Waals surface area contributed by atoms with Crippen LogP contribution in [0.5, 0.6) is 11.5 Å². The van der Waals surface area contributed by atoms with Crippen molar-refractivity contribution < 1.29 is 14.6 Å². The summed E-state index contributed by atoms with van der Waals surface area (Å²) in [5.74, 6) is 1.57. The molecule has 0 spiro atoms. The van der Waals surface area contributed by atoms with Gasteiger partial charge in [0.25, 0.3) is 0 Å². The molecule has 17 heavy (non-hydrogen) atoms. The predicted octanol–water partition coefficient (Wildman–Crippen LogP) is 2.68. The maximum atomic E-state index is 9.95. The van der Waals surface area contributed by atoms with Gasteiger partial charge < -0.3 is 14.6 Å². The van der Waals surface area contributed by atoms with E-state index in [1.165, 1.54) is 0 Å². The number of benzene rings is 1. The number of hydrogen-bond donors (Lipinski definition) is 1. The fraction of sp³-hybridized carbons (Fsp3) is 0.538. The lowest BCUT2D eigenvalue weighted by Crippen LogP contribution is -2.10. The molecule has 1 aliphatic carbocycles. The first-order chi connectivity index (χ1) is 8.16. The SMILES string of the molecule is OC1(Cc2cc(Br)c3c(c2)OCCCO3)CC1. The minimum atomic E-state index is -0.473. The topological polar surface area (TPSA) is 38.7 Å². The molecule has 1 N–H and O–H groups in total. The highest BCUT2D eigenvalue weighted by molar-refractivity contribution is 9.10. The average Bonchev–Trinajstić information content (AvgIpc) is 3.02. The van der Waals surface area contributed by atoms with E-state index in [4.69, 9.17) is 9.47 Å². The van der Waals surface area contributed by atoms with Crippen LogP contribution in [-0.4, -0.2) is 23.9 Å². The van der Waals surface area contributed by atoms with Crippen LogP contribution >= 0.6 is 15.9 Å². The van der Waals surface area contributed by atoms with Gasteiger partial charge in [0.1, 0.15) is 0 Å². The molecule has 1 heterocycles. The third-order valence-corrected chi connectivity index (χ3v) is 3.81. The number of fused-ring (bicyclic) bond motifs is 1. The highest BCUT2D eigenvalue weighted by Gasteiger charge is 2.40. The predicted molar refractivity (Wildman–Crippen MR) is 67.6 cm³/mol. The Hall–Kier alpha value is -0.740. The first kappa shape index (κ1) is 11.4. The molecule has 0 unspecified atom stereocenters. The summed E-state index contributed by atoms with van der Waals surface area (Å²) in [7, 11) is 0. The van der Waals surface area contributed by atoms with Gasteiger partial charge in [-0.2, -0.15) is 0 Å². The van der Waals surface area contributed by atoms with Crippen molar-refractivity contribution >= 4 is 15.9 Å². The van der Waals surface area contributed by atoms with Crippen LogP contribution in [0.3, 0.4) is 0 Å². The molecule has 0 amide bonds. The second-order valence-corrected chi connectivity index (χ2v) is 5.71. The molecule has 3 nitrogen and oxygen atoms in total. The van der Waals surface area contributed by atoms with E-state index in [1.54, 1.807) is 0 Å². The summed E-state index contributed by atoms with van der Waals surface area (Å²) in [4.78, 5) is 0. The third kappa shape index (κ3) is 2.43. The largest absolute Gasteiger partial charge is 0.490 e. The molecule has 1 saturated carbocycles. The van der Waals surface area contributed by atoms with Crippen molar-refractivity contribution in [3.63, 3.8) is 0 Å². The van der Waals surface area contributed by atoms with Gasteiger partial charge in [-0.3, -0.25) is 0 Å². The molecule has 0 aromatic heterocycles.